The van der Waals surface area contributed by atoms with Gasteiger partial charge in [0.25, 0.3) is 5.91 Å². The summed E-state index contributed by atoms with van der Waals surface area (Å²) in [5.41, 5.74) is 0.737. The largest absolute Gasteiger partial charge is 0.497 e. The molecule has 1 amide bonds. The van der Waals surface area contributed by atoms with Crippen molar-refractivity contribution in [1.29, 1.82) is 0 Å². The molecule has 3 aliphatic heterocycles. The van der Waals surface area contributed by atoms with Gasteiger partial charge in [-0.15, -0.1) is 0 Å². The van der Waals surface area contributed by atoms with Gasteiger partial charge in [0, 0.05) is 45.1 Å². The standard InChI is InChI=1S/C23H30N4O4/c1-29-19-4-2-3-18(15-19)16-25-8-5-23(6-9-25)22-24-7-10-27(22)17-20(31-23)21(28)26-11-13-30-14-12-26/h2-4,7,10,15,20H,5-6,8-9,11-14,16-17H2,1H3. The van der Waals surface area contributed by atoms with Gasteiger partial charge in [-0.2, -0.15) is 0 Å². The summed E-state index contributed by atoms with van der Waals surface area (Å²) in [6.07, 6.45) is 4.97. The molecule has 3 aliphatic rings. The summed E-state index contributed by atoms with van der Waals surface area (Å²) in [5, 5.41) is 0. The highest BCUT2D eigenvalue weighted by atomic mass is 16.5. The Morgan fingerprint density at radius 3 is 2.81 bits per heavy atom. The van der Waals surface area contributed by atoms with Crippen LogP contribution in [0.3, 0.4) is 0 Å². The quantitative estimate of drug-likeness (QED) is 0.741. The Hall–Kier alpha value is -2.42. The van der Waals surface area contributed by atoms with Crippen molar-refractivity contribution in [3.8, 4) is 5.75 Å². The molecule has 0 N–H and O–H groups in total. The maximum absolute atomic E-state index is 13.2. The number of imidazole rings is 1. The van der Waals surface area contributed by atoms with Crippen LogP contribution in [0.15, 0.2) is 36.7 Å². The van der Waals surface area contributed by atoms with Gasteiger partial charge >= 0.3 is 0 Å². The van der Waals surface area contributed by atoms with Crippen LogP contribution in [0.5, 0.6) is 5.75 Å². The number of nitrogens with zero attached hydrogens (tertiary/aromatic N) is 4. The fraction of sp³-hybridized carbons (Fsp3) is 0.565. The summed E-state index contributed by atoms with van der Waals surface area (Å²) in [6.45, 7) is 5.65. The first kappa shape index (κ1) is 20.5. The van der Waals surface area contributed by atoms with Crippen LogP contribution in [0.4, 0.5) is 0 Å². The van der Waals surface area contributed by atoms with Crippen molar-refractivity contribution in [1.82, 2.24) is 19.4 Å². The molecule has 1 spiro atoms. The van der Waals surface area contributed by atoms with E-state index >= 15 is 0 Å². The molecule has 5 rings (SSSR count). The summed E-state index contributed by atoms with van der Waals surface area (Å²) in [6, 6.07) is 8.22. The molecule has 166 valence electrons. The number of rotatable bonds is 4. The van der Waals surface area contributed by atoms with Crippen LogP contribution >= 0.6 is 0 Å². The van der Waals surface area contributed by atoms with Crippen molar-refractivity contribution in [2.24, 2.45) is 0 Å². The third-order valence-corrected chi connectivity index (χ3v) is 6.66. The van der Waals surface area contributed by atoms with E-state index in [1.54, 1.807) is 7.11 Å². The summed E-state index contributed by atoms with van der Waals surface area (Å²) >= 11 is 0. The minimum absolute atomic E-state index is 0.0702. The first-order chi connectivity index (χ1) is 15.2. The number of hydrogen-bond acceptors (Lipinski definition) is 6. The van der Waals surface area contributed by atoms with Crippen LogP contribution in [0, 0.1) is 0 Å². The van der Waals surface area contributed by atoms with Gasteiger partial charge in [0.2, 0.25) is 0 Å². The van der Waals surface area contributed by atoms with E-state index in [0.717, 1.165) is 44.0 Å². The number of carbonyl (C=O) groups is 1. The smallest absolute Gasteiger partial charge is 0.253 e. The van der Waals surface area contributed by atoms with Crippen LogP contribution in [-0.2, 0) is 33.0 Å². The van der Waals surface area contributed by atoms with Crippen molar-refractivity contribution in [3.05, 3.63) is 48.0 Å². The molecule has 0 bridgehead atoms. The van der Waals surface area contributed by atoms with Gasteiger partial charge < -0.3 is 23.7 Å². The lowest BCUT2D eigenvalue weighted by Crippen LogP contribution is -2.55. The van der Waals surface area contributed by atoms with E-state index in [1.807, 2.05) is 29.4 Å². The predicted molar refractivity (Wildman–Crippen MR) is 114 cm³/mol. The fourth-order valence-electron chi connectivity index (χ4n) is 4.96. The summed E-state index contributed by atoms with van der Waals surface area (Å²) in [5.74, 6) is 1.91. The number of benzene rings is 1. The molecule has 0 radical (unpaired) electrons. The molecule has 1 atom stereocenters. The highest BCUT2D eigenvalue weighted by Crippen LogP contribution is 2.40. The summed E-state index contributed by atoms with van der Waals surface area (Å²) in [4.78, 5) is 22.1. The molecule has 2 saturated heterocycles. The number of carbonyl (C=O) groups excluding carboxylic acids is 1. The molecule has 2 fully saturated rings. The number of likely N-dealkylation sites (tertiary alicyclic amines) is 1. The molecule has 4 heterocycles. The lowest BCUT2D eigenvalue weighted by atomic mass is 9.88. The summed E-state index contributed by atoms with van der Waals surface area (Å²) < 4.78 is 19.5. The van der Waals surface area contributed by atoms with Gasteiger partial charge in [-0.05, 0) is 30.5 Å². The van der Waals surface area contributed by atoms with Gasteiger partial charge in [-0.25, -0.2) is 4.98 Å². The van der Waals surface area contributed by atoms with E-state index in [9.17, 15) is 4.79 Å². The minimum Gasteiger partial charge on any atom is -0.497 e. The maximum atomic E-state index is 13.2. The minimum atomic E-state index is -0.501. The van der Waals surface area contributed by atoms with E-state index in [-0.39, 0.29) is 5.91 Å². The van der Waals surface area contributed by atoms with E-state index in [4.69, 9.17) is 14.2 Å². The Bertz CT molecular complexity index is 916. The Balaban J connectivity index is 1.29. The zero-order chi connectivity index (χ0) is 21.3. The molecule has 1 aromatic carbocycles. The average molecular weight is 427 g/mol. The second kappa shape index (κ2) is 8.61. The zero-order valence-corrected chi connectivity index (χ0v) is 18.0. The Morgan fingerprint density at radius 1 is 1.23 bits per heavy atom. The van der Waals surface area contributed by atoms with Crippen LogP contribution in [0.25, 0.3) is 0 Å². The third kappa shape index (κ3) is 4.07. The molecule has 8 nitrogen and oxygen atoms in total. The highest BCUT2D eigenvalue weighted by molar-refractivity contribution is 5.81. The van der Waals surface area contributed by atoms with Crippen molar-refractivity contribution < 1.29 is 19.0 Å². The number of ether oxygens (including phenoxy) is 3. The van der Waals surface area contributed by atoms with Gasteiger partial charge in [-0.3, -0.25) is 9.69 Å². The van der Waals surface area contributed by atoms with Crippen molar-refractivity contribution in [3.63, 3.8) is 0 Å². The van der Waals surface area contributed by atoms with E-state index < -0.39 is 11.7 Å². The second-order valence-electron chi connectivity index (χ2n) is 8.57. The number of aromatic nitrogens is 2. The van der Waals surface area contributed by atoms with E-state index in [2.05, 4.69) is 26.6 Å². The van der Waals surface area contributed by atoms with Crippen LogP contribution in [0.1, 0.15) is 24.2 Å². The average Bonchev–Trinajstić information content (AvgIpc) is 3.31. The molecular formula is C23H30N4O4. The van der Waals surface area contributed by atoms with Crippen LogP contribution < -0.4 is 4.74 Å². The lowest BCUT2D eigenvalue weighted by molar-refractivity contribution is -0.183. The van der Waals surface area contributed by atoms with Gasteiger partial charge in [-0.1, -0.05) is 12.1 Å². The molecule has 31 heavy (non-hydrogen) atoms. The maximum Gasteiger partial charge on any atom is 0.253 e. The molecule has 1 unspecified atom stereocenters. The number of fused-ring (bicyclic) bond motifs is 2. The normalized spacial score (nSPS) is 23.5. The lowest BCUT2D eigenvalue weighted by Gasteiger charge is -2.46. The SMILES string of the molecule is COc1cccc(CN2CCC3(CC2)OC(C(=O)N2CCOCC2)Cn2ccnc23)c1. The van der Waals surface area contributed by atoms with E-state index in [0.29, 0.717) is 32.8 Å². The molecule has 8 heteroatoms. The first-order valence-electron chi connectivity index (χ1n) is 11.1. The van der Waals surface area contributed by atoms with Gasteiger partial charge in [0.05, 0.1) is 26.9 Å². The monoisotopic (exact) mass is 426 g/mol. The molecular weight excluding hydrogens is 396 g/mol. The number of morpholine rings is 1. The number of hydrogen-bond donors (Lipinski definition) is 0. The molecule has 2 aromatic rings. The highest BCUT2D eigenvalue weighted by Gasteiger charge is 2.47. The molecule has 0 saturated carbocycles. The van der Waals surface area contributed by atoms with Gasteiger partial charge in [0.1, 0.15) is 17.2 Å². The number of methoxy groups -OCH3 is 1. The number of piperidine rings is 1. The van der Waals surface area contributed by atoms with E-state index in [1.165, 1.54) is 5.56 Å². The number of amides is 1. The van der Waals surface area contributed by atoms with Gasteiger partial charge in [0.15, 0.2) is 6.10 Å². The van der Waals surface area contributed by atoms with Crippen LogP contribution in [-0.4, -0.2) is 77.9 Å². The van der Waals surface area contributed by atoms with Crippen molar-refractivity contribution in [2.45, 2.75) is 37.6 Å². The van der Waals surface area contributed by atoms with Crippen molar-refractivity contribution >= 4 is 5.91 Å². The molecule has 0 aliphatic carbocycles. The molecule has 1 aromatic heterocycles. The second-order valence-corrected chi connectivity index (χ2v) is 8.57. The Morgan fingerprint density at radius 2 is 2.03 bits per heavy atom. The Labute approximate surface area is 182 Å². The first-order valence-corrected chi connectivity index (χ1v) is 11.1. The third-order valence-electron chi connectivity index (χ3n) is 6.66. The Kier molecular flexibility index (Phi) is 5.69. The van der Waals surface area contributed by atoms with Crippen molar-refractivity contribution in [2.75, 3.05) is 46.5 Å². The van der Waals surface area contributed by atoms with Crippen LogP contribution in [0.2, 0.25) is 0 Å². The summed E-state index contributed by atoms with van der Waals surface area (Å²) in [7, 11) is 1.70. The topological polar surface area (TPSA) is 69.1 Å². The predicted octanol–water partition coefficient (Wildman–Crippen LogP) is 1.64. The fourth-order valence-corrected chi connectivity index (χ4v) is 4.96. The zero-order valence-electron chi connectivity index (χ0n) is 18.0.